The van der Waals surface area contributed by atoms with E-state index in [1.54, 1.807) is 0 Å². The number of methoxy groups -OCH3 is 1. The molecule has 2 N–H and O–H groups in total. The van der Waals surface area contributed by atoms with Crippen molar-refractivity contribution in [1.82, 2.24) is 4.72 Å². The van der Waals surface area contributed by atoms with Crippen molar-refractivity contribution >= 4 is 22.0 Å². The molecule has 0 spiro atoms. The summed E-state index contributed by atoms with van der Waals surface area (Å²) < 4.78 is 30.2. The van der Waals surface area contributed by atoms with Gasteiger partial charge in [-0.3, -0.25) is 9.59 Å². The molecule has 1 rings (SSSR count). The van der Waals surface area contributed by atoms with Crippen LogP contribution in [0, 0.1) is 11.3 Å². The molecule has 0 saturated heterocycles. The zero-order valence-corrected chi connectivity index (χ0v) is 11.8. The van der Waals surface area contributed by atoms with E-state index in [1.165, 1.54) is 12.1 Å². The van der Waals surface area contributed by atoms with Crippen LogP contribution in [0.4, 0.5) is 0 Å². The number of carboxylic acids is 1. The fourth-order valence-corrected chi connectivity index (χ4v) is 2.58. The van der Waals surface area contributed by atoms with E-state index in [4.69, 9.17) is 10.4 Å². The van der Waals surface area contributed by atoms with E-state index in [-0.39, 0.29) is 10.5 Å². The number of benzene rings is 1. The molecule has 0 fully saturated rings. The summed E-state index contributed by atoms with van der Waals surface area (Å²) in [6.07, 6.45) is -0.638. The first kappa shape index (κ1) is 16.6. The lowest BCUT2D eigenvalue weighted by atomic mass is 10.2. The van der Waals surface area contributed by atoms with Crippen LogP contribution >= 0.6 is 0 Å². The minimum Gasteiger partial charge on any atom is -0.480 e. The Morgan fingerprint density at radius 3 is 2.38 bits per heavy atom. The molecule has 112 valence electrons. The van der Waals surface area contributed by atoms with Gasteiger partial charge >= 0.3 is 11.9 Å². The summed E-state index contributed by atoms with van der Waals surface area (Å²) in [5.74, 6) is -2.36. The molecule has 1 atom stereocenters. The maximum Gasteiger partial charge on any atom is 0.322 e. The molecule has 21 heavy (non-hydrogen) atoms. The van der Waals surface area contributed by atoms with Gasteiger partial charge in [0.1, 0.15) is 6.04 Å². The van der Waals surface area contributed by atoms with Crippen molar-refractivity contribution < 1.29 is 27.9 Å². The number of aliphatic carboxylic acids is 1. The van der Waals surface area contributed by atoms with Gasteiger partial charge in [0, 0.05) is 0 Å². The van der Waals surface area contributed by atoms with Crippen LogP contribution < -0.4 is 4.72 Å². The third-order valence-corrected chi connectivity index (χ3v) is 3.98. The third-order valence-electron chi connectivity index (χ3n) is 2.49. The molecule has 0 heterocycles. The van der Waals surface area contributed by atoms with Gasteiger partial charge < -0.3 is 9.84 Å². The van der Waals surface area contributed by atoms with Gasteiger partial charge in [-0.15, -0.1) is 0 Å². The van der Waals surface area contributed by atoms with Gasteiger partial charge in [0.15, 0.2) is 0 Å². The second-order valence-corrected chi connectivity index (χ2v) is 5.64. The van der Waals surface area contributed by atoms with E-state index in [0.717, 1.165) is 19.2 Å². The maximum atomic E-state index is 12.0. The minimum absolute atomic E-state index is 0.211. The number of nitrogens with one attached hydrogen (secondary N) is 1. The highest BCUT2D eigenvalue weighted by Crippen LogP contribution is 2.11. The van der Waals surface area contributed by atoms with Crippen molar-refractivity contribution in [3.8, 4) is 6.07 Å². The summed E-state index contributed by atoms with van der Waals surface area (Å²) in [6, 6.07) is 5.08. The molecule has 0 amide bonds. The zero-order valence-electron chi connectivity index (χ0n) is 10.9. The first-order valence-corrected chi connectivity index (χ1v) is 7.10. The van der Waals surface area contributed by atoms with Crippen molar-refractivity contribution in [3.63, 3.8) is 0 Å². The smallest absolute Gasteiger partial charge is 0.322 e. The van der Waals surface area contributed by atoms with Gasteiger partial charge in [-0.05, 0) is 24.3 Å². The molecule has 0 aliphatic heterocycles. The lowest BCUT2D eigenvalue weighted by Gasteiger charge is -2.13. The molecule has 0 saturated carbocycles. The standard InChI is InChI=1S/C12H12N2O6S/c1-20-11(15)6-10(12(16)17)14-21(18,19)9-4-2-8(7-13)3-5-9/h2-5,10,14H,6H2,1H3,(H,16,17)/t10-/m0/s1. The highest BCUT2D eigenvalue weighted by molar-refractivity contribution is 7.89. The fourth-order valence-electron chi connectivity index (χ4n) is 1.39. The topological polar surface area (TPSA) is 134 Å². The number of carbonyl (C=O) groups excluding carboxylic acids is 1. The molecule has 0 aliphatic carbocycles. The molecule has 0 aliphatic rings. The summed E-state index contributed by atoms with van der Waals surface area (Å²) in [5, 5.41) is 17.6. The fraction of sp³-hybridized carbons (Fsp3) is 0.250. The Hall–Kier alpha value is -2.44. The predicted molar refractivity (Wildman–Crippen MR) is 69.5 cm³/mol. The van der Waals surface area contributed by atoms with Crippen LogP contribution in [0.1, 0.15) is 12.0 Å². The average Bonchev–Trinajstić information content (AvgIpc) is 2.46. The number of hydrogen-bond acceptors (Lipinski definition) is 6. The molecule has 8 nitrogen and oxygen atoms in total. The number of carbonyl (C=O) groups is 2. The zero-order chi connectivity index (χ0) is 16.0. The van der Waals surface area contributed by atoms with Crippen molar-refractivity contribution in [2.75, 3.05) is 7.11 Å². The van der Waals surface area contributed by atoms with Gasteiger partial charge in [0.05, 0.1) is 30.1 Å². The summed E-state index contributed by atoms with van der Waals surface area (Å²) >= 11 is 0. The van der Waals surface area contributed by atoms with Crippen molar-refractivity contribution in [3.05, 3.63) is 29.8 Å². The SMILES string of the molecule is COC(=O)C[C@H](NS(=O)(=O)c1ccc(C#N)cc1)C(=O)O. The summed E-state index contributed by atoms with van der Waals surface area (Å²) in [6.45, 7) is 0. The highest BCUT2D eigenvalue weighted by Gasteiger charge is 2.28. The number of sulfonamides is 1. The van der Waals surface area contributed by atoms with Crippen LogP contribution in [-0.2, 0) is 24.3 Å². The van der Waals surface area contributed by atoms with Crippen LogP contribution in [0.5, 0.6) is 0 Å². The Bertz CT molecular complexity index is 675. The van der Waals surface area contributed by atoms with Crippen LogP contribution in [0.15, 0.2) is 29.2 Å². The van der Waals surface area contributed by atoms with Crippen LogP contribution in [0.3, 0.4) is 0 Å². The molecule has 1 aromatic rings. The van der Waals surface area contributed by atoms with Crippen molar-refractivity contribution in [1.29, 1.82) is 5.26 Å². The van der Waals surface area contributed by atoms with Gasteiger partial charge in [0.2, 0.25) is 10.0 Å². The quantitative estimate of drug-likeness (QED) is 0.698. The van der Waals surface area contributed by atoms with Crippen LogP contribution in [0.2, 0.25) is 0 Å². The van der Waals surface area contributed by atoms with Crippen molar-refractivity contribution in [2.24, 2.45) is 0 Å². The van der Waals surface area contributed by atoms with Gasteiger partial charge in [0.25, 0.3) is 0 Å². The molecule has 1 aromatic carbocycles. The van der Waals surface area contributed by atoms with Gasteiger partial charge in [-0.1, -0.05) is 0 Å². The Labute approximate surface area is 121 Å². The molecule has 0 radical (unpaired) electrons. The molecular formula is C12H12N2O6S. The van der Waals surface area contributed by atoms with E-state index in [1.807, 2.05) is 10.8 Å². The first-order valence-electron chi connectivity index (χ1n) is 5.62. The minimum atomic E-state index is -4.13. The molecule has 0 bridgehead atoms. The van der Waals surface area contributed by atoms with Gasteiger partial charge in [-0.25, -0.2) is 8.42 Å². The average molecular weight is 312 g/mol. The molecular weight excluding hydrogens is 300 g/mol. The highest BCUT2D eigenvalue weighted by atomic mass is 32.2. The number of nitrogens with zero attached hydrogens (tertiary/aromatic N) is 1. The van der Waals surface area contributed by atoms with E-state index in [0.29, 0.717) is 0 Å². The second kappa shape index (κ2) is 6.83. The molecule has 9 heteroatoms. The summed E-state index contributed by atoms with van der Waals surface area (Å²) in [7, 11) is -3.07. The Kier molecular flexibility index (Phi) is 5.40. The lowest BCUT2D eigenvalue weighted by molar-refractivity contribution is -0.147. The van der Waals surface area contributed by atoms with E-state index in [2.05, 4.69) is 4.74 Å². The number of nitriles is 1. The Morgan fingerprint density at radius 2 is 1.95 bits per heavy atom. The second-order valence-electron chi connectivity index (χ2n) is 3.93. The maximum absolute atomic E-state index is 12.0. The van der Waals surface area contributed by atoms with E-state index in [9.17, 15) is 18.0 Å². The number of rotatable bonds is 6. The van der Waals surface area contributed by atoms with Gasteiger partial charge in [-0.2, -0.15) is 9.98 Å². The molecule has 0 aromatic heterocycles. The summed E-state index contributed by atoms with van der Waals surface area (Å²) in [4.78, 5) is 21.8. The first-order chi connectivity index (χ1) is 9.80. The summed E-state index contributed by atoms with van der Waals surface area (Å²) in [5.41, 5.74) is 0.262. The normalized spacial score (nSPS) is 12.2. The Balaban J connectivity index is 2.97. The number of hydrogen-bond donors (Lipinski definition) is 2. The predicted octanol–water partition coefficient (Wildman–Crippen LogP) is -0.147. The van der Waals surface area contributed by atoms with Crippen LogP contribution in [0.25, 0.3) is 0 Å². The number of esters is 1. The van der Waals surface area contributed by atoms with E-state index < -0.39 is 34.4 Å². The largest absolute Gasteiger partial charge is 0.480 e. The Morgan fingerprint density at radius 1 is 1.38 bits per heavy atom. The number of carboxylic acid groups (broad SMARTS) is 1. The molecule has 0 unspecified atom stereocenters. The lowest BCUT2D eigenvalue weighted by Crippen LogP contribution is -2.42. The third kappa shape index (κ3) is 4.55. The number of ether oxygens (including phenoxy) is 1. The monoisotopic (exact) mass is 312 g/mol. The van der Waals surface area contributed by atoms with E-state index >= 15 is 0 Å². The van der Waals surface area contributed by atoms with Crippen LogP contribution in [-0.4, -0.2) is 38.6 Å². The van der Waals surface area contributed by atoms with Crippen molar-refractivity contribution in [2.45, 2.75) is 17.4 Å².